The smallest absolute Gasteiger partial charge is 0.229 e. The van der Waals surface area contributed by atoms with Gasteiger partial charge in [0.2, 0.25) is 5.13 Å². The summed E-state index contributed by atoms with van der Waals surface area (Å²) in [5.41, 5.74) is 0.763. The average molecular weight is 194 g/mol. The fourth-order valence-electron chi connectivity index (χ4n) is 0.889. The van der Waals surface area contributed by atoms with Crippen LogP contribution in [0.1, 0.15) is 0 Å². The van der Waals surface area contributed by atoms with Gasteiger partial charge in [0.1, 0.15) is 5.75 Å². The van der Waals surface area contributed by atoms with Gasteiger partial charge in [0.05, 0.1) is 0 Å². The van der Waals surface area contributed by atoms with Crippen LogP contribution in [0.5, 0.6) is 5.75 Å². The van der Waals surface area contributed by atoms with Crippen molar-refractivity contribution < 1.29 is 5.11 Å². The van der Waals surface area contributed by atoms with Crippen LogP contribution < -0.4 is 5.32 Å². The highest BCUT2D eigenvalue weighted by Gasteiger charge is 1.98. The highest BCUT2D eigenvalue weighted by atomic mass is 32.1. The lowest BCUT2D eigenvalue weighted by atomic mass is 10.3. The van der Waals surface area contributed by atoms with Gasteiger partial charge >= 0.3 is 0 Å². The summed E-state index contributed by atoms with van der Waals surface area (Å²) in [5.74, 6) is 0.211. The Morgan fingerprint density at radius 3 is 3.00 bits per heavy atom. The van der Waals surface area contributed by atoms with E-state index >= 15 is 0 Å². The number of aromatic hydroxyl groups is 1. The third kappa shape index (κ3) is 1.91. The molecule has 0 aliphatic heterocycles. The van der Waals surface area contributed by atoms with Crippen molar-refractivity contribution in [1.82, 2.24) is 14.8 Å². The molecule has 0 bridgehead atoms. The van der Waals surface area contributed by atoms with E-state index in [1.54, 1.807) is 18.2 Å². The first-order valence-electron chi connectivity index (χ1n) is 3.56. The van der Waals surface area contributed by atoms with Crippen molar-refractivity contribution in [3.63, 3.8) is 0 Å². The van der Waals surface area contributed by atoms with Crippen molar-refractivity contribution in [3.05, 3.63) is 24.3 Å². The SMILES string of the molecule is Oc1cccc(Nc2nnns2)c1. The zero-order valence-electron chi connectivity index (χ0n) is 6.51. The van der Waals surface area contributed by atoms with E-state index < -0.39 is 0 Å². The molecule has 0 radical (unpaired) electrons. The van der Waals surface area contributed by atoms with Crippen molar-refractivity contribution in [2.24, 2.45) is 0 Å². The Labute approximate surface area is 78.2 Å². The van der Waals surface area contributed by atoms with Gasteiger partial charge in [-0.3, -0.25) is 0 Å². The molecule has 0 unspecified atom stereocenters. The molecule has 2 N–H and O–H groups in total. The largest absolute Gasteiger partial charge is 0.508 e. The molecule has 1 aromatic heterocycles. The number of hydrogen-bond acceptors (Lipinski definition) is 6. The van der Waals surface area contributed by atoms with Crippen LogP contribution in [-0.2, 0) is 0 Å². The minimum absolute atomic E-state index is 0.211. The first-order valence-corrected chi connectivity index (χ1v) is 4.33. The molecular weight excluding hydrogens is 188 g/mol. The zero-order chi connectivity index (χ0) is 9.10. The lowest BCUT2D eigenvalue weighted by Crippen LogP contribution is -1.88. The Morgan fingerprint density at radius 1 is 1.38 bits per heavy atom. The van der Waals surface area contributed by atoms with E-state index in [9.17, 15) is 0 Å². The second-order valence-corrected chi connectivity index (χ2v) is 3.08. The van der Waals surface area contributed by atoms with Gasteiger partial charge < -0.3 is 10.4 Å². The standard InChI is InChI=1S/C7H6N4OS/c12-6-3-1-2-5(4-6)8-7-9-10-11-13-7/h1-4,12H,(H,8,9,11). The van der Waals surface area contributed by atoms with Crippen molar-refractivity contribution in [2.75, 3.05) is 5.32 Å². The van der Waals surface area contributed by atoms with Gasteiger partial charge in [0.25, 0.3) is 0 Å². The van der Waals surface area contributed by atoms with Crippen LogP contribution in [-0.4, -0.2) is 19.9 Å². The van der Waals surface area contributed by atoms with Crippen molar-refractivity contribution >= 4 is 22.4 Å². The second kappa shape index (κ2) is 3.36. The summed E-state index contributed by atoms with van der Waals surface area (Å²) in [6.07, 6.45) is 0. The zero-order valence-corrected chi connectivity index (χ0v) is 7.32. The molecule has 0 aliphatic rings. The highest BCUT2D eigenvalue weighted by molar-refractivity contribution is 7.09. The molecule has 1 aromatic carbocycles. The molecular formula is C7H6N4OS. The summed E-state index contributed by atoms with van der Waals surface area (Å²) in [6, 6.07) is 6.76. The molecule has 0 saturated heterocycles. The maximum absolute atomic E-state index is 9.15. The molecule has 13 heavy (non-hydrogen) atoms. The van der Waals surface area contributed by atoms with Gasteiger partial charge in [0, 0.05) is 23.3 Å². The number of phenolic OH excluding ortho intramolecular Hbond substituents is 1. The van der Waals surface area contributed by atoms with Gasteiger partial charge in [-0.05, 0) is 17.3 Å². The fourth-order valence-corrected chi connectivity index (χ4v) is 1.28. The molecule has 0 fully saturated rings. The highest BCUT2D eigenvalue weighted by Crippen LogP contribution is 2.19. The Bertz CT molecular complexity index is 389. The van der Waals surface area contributed by atoms with Crippen LogP contribution in [0.25, 0.3) is 0 Å². The van der Waals surface area contributed by atoms with E-state index in [0.717, 1.165) is 17.2 Å². The van der Waals surface area contributed by atoms with Gasteiger partial charge in [-0.1, -0.05) is 15.7 Å². The lowest BCUT2D eigenvalue weighted by Gasteiger charge is -2.00. The molecule has 0 amide bonds. The van der Waals surface area contributed by atoms with E-state index in [-0.39, 0.29) is 5.75 Å². The van der Waals surface area contributed by atoms with Crippen molar-refractivity contribution in [3.8, 4) is 5.75 Å². The van der Waals surface area contributed by atoms with E-state index in [2.05, 4.69) is 20.1 Å². The van der Waals surface area contributed by atoms with E-state index in [4.69, 9.17) is 5.11 Å². The van der Waals surface area contributed by atoms with Crippen LogP contribution in [0.3, 0.4) is 0 Å². The molecule has 2 aromatic rings. The van der Waals surface area contributed by atoms with Crippen LogP contribution in [0.15, 0.2) is 24.3 Å². The van der Waals surface area contributed by atoms with E-state index in [0.29, 0.717) is 5.13 Å². The summed E-state index contributed by atoms with van der Waals surface area (Å²) in [5, 5.41) is 19.8. The number of aromatic nitrogens is 3. The van der Waals surface area contributed by atoms with Crippen molar-refractivity contribution in [1.29, 1.82) is 0 Å². The quantitative estimate of drug-likeness (QED) is 0.755. The number of phenols is 1. The molecule has 1 heterocycles. The number of nitrogens with one attached hydrogen (secondary N) is 1. The molecule has 2 rings (SSSR count). The predicted molar refractivity (Wildman–Crippen MR) is 49.1 cm³/mol. The van der Waals surface area contributed by atoms with Crippen LogP contribution in [0.4, 0.5) is 10.8 Å². The predicted octanol–water partition coefficient (Wildman–Crippen LogP) is 1.38. The fraction of sp³-hybridized carbons (Fsp3) is 0. The number of nitrogens with zero attached hydrogens (tertiary/aromatic N) is 3. The minimum Gasteiger partial charge on any atom is -0.508 e. The maximum atomic E-state index is 9.15. The van der Waals surface area contributed by atoms with E-state index in [1.807, 2.05) is 6.07 Å². The minimum atomic E-state index is 0.211. The van der Waals surface area contributed by atoms with Gasteiger partial charge in [-0.15, -0.1) is 0 Å². The molecule has 66 valence electrons. The lowest BCUT2D eigenvalue weighted by molar-refractivity contribution is 0.475. The molecule has 5 nitrogen and oxygen atoms in total. The van der Waals surface area contributed by atoms with E-state index in [1.165, 1.54) is 0 Å². The van der Waals surface area contributed by atoms with Gasteiger partial charge in [-0.2, -0.15) is 0 Å². The third-order valence-electron chi connectivity index (χ3n) is 1.40. The second-order valence-electron chi connectivity index (χ2n) is 2.34. The summed E-state index contributed by atoms with van der Waals surface area (Å²) in [6.45, 7) is 0. The Hall–Kier alpha value is -1.69. The first-order chi connectivity index (χ1) is 6.34. The molecule has 6 heteroatoms. The number of rotatable bonds is 2. The van der Waals surface area contributed by atoms with Crippen LogP contribution in [0, 0.1) is 0 Å². The average Bonchev–Trinajstić information content (AvgIpc) is 2.57. The van der Waals surface area contributed by atoms with Gasteiger partial charge in [0.15, 0.2) is 0 Å². The van der Waals surface area contributed by atoms with Crippen LogP contribution >= 0.6 is 11.5 Å². The van der Waals surface area contributed by atoms with Gasteiger partial charge in [-0.25, -0.2) is 0 Å². The Morgan fingerprint density at radius 2 is 2.31 bits per heavy atom. The summed E-state index contributed by atoms with van der Waals surface area (Å²) < 4.78 is 3.60. The summed E-state index contributed by atoms with van der Waals surface area (Å²) >= 11 is 1.16. The Kier molecular flexibility index (Phi) is 2.05. The molecule has 0 atom stereocenters. The molecule has 0 aliphatic carbocycles. The number of anilines is 2. The third-order valence-corrected chi connectivity index (χ3v) is 1.91. The summed E-state index contributed by atoms with van der Waals surface area (Å²) in [4.78, 5) is 0. The normalized spacial score (nSPS) is 9.85. The first kappa shape index (κ1) is 7.93. The summed E-state index contributed by atoms with van der Waals surface area (Å²) in [7, 11) is 0. The van der Waals surface area contributed by atoms with Crippen LogP contribution in [0.2, 0.25) is 0 Å². The van der Waals surface area contributed by atoms with Crippen molar-refractivity contribution in [2.45, 2.75) is 0 Å². The number of hydrogen-bond donors (Lipinski definition) is 2. The maximum Gasteiger partial charge on any atom is 0.229 e. The Balaban J connectivity index is 2.19. The number of benzene rings is 1. The monoisotopic (exact) mass is 194 g/mol. The molecule has 0 spiro atoms. The molecule has 0 saturated carbocycles. The topological polar surface area (TPSA) is 70.9 Å².